The molecular weight excluding hydrogens is 322 g/mol. The van der Waals surface area contributed by atoms with Gasteiger partial charge in [0.25, 0.3) is 0 Å². The Labute approximate surface area is 152 Å². The van der Waals surface area contributed by atoms with E-state index in [1.54, 1.807) is 6.20 Å². The molecule has 0 amide bonds. The van der Waals surface area contributed by atoms with Gasteiger partial charge in [-0.25, -0.2) is 4.98 Å². The molecule has 1 unspecified atom stereocenters. The maximum Gasteiger partial charge on any atom is 0.147 e. The third-order valence-electron chi connectivity index (χ3n) is 4.39. The van der Waals surface area contributed by atoms with Crippen molar-refractivity contribution in [2.24, 2.45) is 0 Å². The average Bonchev–Trinajstić information content (AvgIpc) is 2.69. The number of aromatic nitrogens is 2. The number of aromatic hydroxyl groups is 1. The highest BCUT2D eigenvalue weighted by Gasteiger charge is 2.21. The van der Waals surface area contributed by atoms with Crippen molar-refractivity contribution in [2.45, 2.75) is 13.0 Å². The molecule has 0 aliphatic heterocycles. The van der Waals surface area contributed by atoms with E-state index in [9.17, 15) is 5.11 Å². The van der Waals surface area contributed by atoms with E-state index in [4.69, 9.17) is 0 Å². The summed E-state index contributed by atoms with van der Waals surface area (Å²) in [5.74, 6) is 0.185. The summed E-state index contributed by atoms with van der Waals surface area (Å²) in [7, 11) is 0. The second kappa shape index (κ2) is 6.84. The molecule has 0 spiro atoms. The highest BCUT2D eigenvalue weighted by atomic mass is 16.3. The van der Waals surface area contributed by atoms with E-state index in [1.807, 2.05) is 79.7 Å². The molecular formula is C22H19N3O. The molecule has 26 heavy (non-hydrogen) atoms. The van der Waals surface area contributed by atoms with Crippen LogP contribution in [0.3, 0.4) is 0 Å². The Hall–Kier alpha value is -3.40. The van der Waals surface area contributed by atoms with Crippen LogP contribution in [0.5, 0.6) is 5.75 Å². The van der Waals surface area contributed by atoms with E-state index in [0.717, 1.165) is 28.0 Å². The lowest BCUT2D eigenvalue weighted by Crippen LogP contribution is -2.14. The Bertz CT molecular complexity index is 1030. The molecule has 2 N–H and O–H groups in total. The Morgan fingerprint density at radius 1 is 0.885 bits per heavy atom. The first-order valence-electron chi connectivity index (χ1n) is 8.54. The van der Waals surface area contributed by atoms with Crippen LogP contribution in [0.2, 0.25) is 0 Å². The highest BCUT2D eigenvalue weighted by Crippen LogP contribution is 2.35. The number of phenolic OH excluding ortho intramolecular Hbond substituents is 1. The number of nitrogens with one attached hydrogen (secondary N) is 1. The van der Waals surface area contributed by atoms with Crippen LogP contribution in [-0.4, -0.2) is 15.1 Å². The fourth-order valence-corrected chi connectivity index (χ4v) is 3.08. The van der Waals surface area contributed by atoms with Gasteiger partial charge in [0.1, 0.15) is 11.3 Å². The van der Waals surface area contributed by atoms with Gasteiger partial charge >= 0.3 is 0 Å². The van der Waals surface area contributed by atoms with Crippen LogP contribution < -0.4 is 5.32 Å². The van der Waals surface area contributed by atoms with Crippen LogP contribution in [0.25, 0.3) is 10.9 Å². The van der Waals surface area contributed by atoms with Crippen molar-refractivity contribution in [3.8, 4) is 5.75 Å². The number of pyridine rings is 2. The molecule has 0 saturated heterocycles. The summed E-state index contributed by atoms with van der Waals surface area (Å²) in [6, 6.07) is 23.3. The number of hydrogen-bond acceptors (Lipinski definition) is 4. The minimum Gasteiger partial charge on any atom is -0.505 e. The summed E-state index contributed by atoms with van der Waals surface area (Å²) in [6.07, 6.45) is 1.76. The second-order valence-corrected chi connectivity index (χ2v) is 6.23. The lowest BCUT2D eigenvalue weighted by atomic mass is 9.99. The first kappa shape index (κ1) is 16.1. The molecule has 1 atom stereocenters. The molecule has 0 fully saturated rings. The number of nitrogens with zero attached hydrogens (tertiary/aromatic N) is 2. The summed E-state index contributed by atoms with van der Waals surface area (Å²) < 4.78 is 0. The lowest BCUT2D eigenvalue weighted by Gasteiger charge is -2.21. The summed E-state index contributed by atoms with van der Waals surface area (Å²) in [5.41, 5.74) is 4.02. The number of fused-ring (bicyclic) bond motifs is 1. The van der Waals surface area contributed by atoms with Gasteiger partial charge < -0.3 is 10.4 Å². The molecule has 2 heterocycles. The fraction of sp³-hybridized carbons (Fsp3) is 0.0909. The van der Waals surface area contributed by atoms with E-state index < -0.39 is 0 Å². The Kier molecular flexibility index (Phi) is 4.23. The minimum atomic E-state index is -0.287. The monoisotopic (exact) mass is 341 g/mol. The highest BCUT2D eigenvalue weighted by molar-refractivity contribution is 5.86. The predicted octanol–water partition coefficient (Wildman–Crippen LogP) is 4.85. The SMILES string of the molecule is Cc1ccc2ccc(C(Nc3ccccc3)c3ccccn3)c(O)c2n1. The maximum atomic E-state index is 11.0. The molecule has 4 rings (SSSR count). The number of phenols is 1. The van der Waals surface area contributed by atoms with Gasteiger partial charge in [0.15, 0.2) is 0 Å². The van der Waals surface area contributed by atoms with Gasteiger partial charge in [0.2, 0.25) is 0 Å². The van der Waals surface area contributed by atoms with Crippen molar-refractivity contribution in [1.29, 1.82) is 0 Å². The smallest absolute Gasteiger partial charge is 0.147 e. The summed E-state index contributed by atoms with van der Waals surface area (Å²) in [5, 5.41) is 15.3. The first-order valence-corrected chi connectivity index (χ1v) is 8.54. The van der Waals surface area contributed by atoms with Gasteiger partial charge in [0.05, 0.1) is 11.7 Å². The van der Waals surface area contributed by atoms with E-state index in [0.29, 0.717) is 5.52 Å². The Morgan fingerprint density at radius 3 is 2.42 bits per heavy atom. The van der Waals surface area contributed by atoms with Crippen molar-refractivity contribution in [3.05, 3.63) is 95.9 Å². The van der Waals surface area contributed by atoms with Gasteiger partial charge in [-0.15, -0.1) is 0 Å². The van der Waals surface area contributed by atoms with Crippen molar-refractivity contribution in [1.82, 2.24) is 9.97 Å². The zero-order chi connectivity index (χ0) is 17.9. The molecule has 4 aromatic rings. The molecule has 0 radical (unpaired) electrons. The normalized spacial score (nSPS) is 12.0. The molecule has 4 heteroatoms. The van der Waals surface area contributed by atoms with Crippen molar-refractivity contribution in [2.75, 3.05) is 5.32 Å². The van der Waals surface area contributed by atoms with Crippen LogP contribution in [0.15, 0.2) is 79.0 Å². The molecule has 2 aromatic carbocycles. The molecule has 0 aliphatic carbocycles. The zero-order valence-electron chi connectivity index (χ0n) is 14.4. The van der Waals surface area contributed by atoms with Crippen molar-refractivity contribution < 1.29 is 5.11 Å². The Balaban J connectivity index is 1.86. The molecule has 0 bridgehead atoms. The zero-order valence-corrected chi connectivity index (χ0v) is 14.4. The number of hydrogen-bond donors (Lipinski definition) is 2. The largest absolute Gasteiger partial charge is 0.505 e. The number of aryl methyl sites for hydroxylation is 1. The lowest BCUT2D eigenvalue weighted by molar-refractivity contribution is 0.471. The summed E-state index contributed by atoms with van der Waals surface area (Å²) in [4.78, 5) is 9.02. The molecule has 4 nitrogen and oxygen atoms in total. The van der Waals surface area contributed by atoms with E-state index in [-0.39, 0.29) is 11.8 Å². The third kappa shape index (κ3) is 3.09. The molecule has 0 aliphatic rings. The van der Waals surface area contributed by atoms with Gasteiger partial charge in [-0.05, 0) is 37.3 Å². The van der Waals surface area contributed by atoms with E-state index in [2.05, 4.69) is 15.3 Å². The minimum absolute atomic E-state index is 0.185. The second-order valence-electron chi connectivity index (χ2n) is 6.23. The number of rotatable bonds is 4. The first-order chi connectivity index (χ1) is 12.7. The van der Waals surface area contributed by atoms with E-state index in [1.165, 1.54) is 0 Å². The maximum absolute atomic E-state index is 11.0. The van der Waals surface area contributed by atoms with Crippen molar-refractivity contribution >= 4 is 16.6 Å². The molecule has 2 aromatic heterocycles. The quantitative estimate of drug-likeness (QED) is 0.557. The van der Waals surface area contributed by atoms with Gasteiger partial charge in [-0.3, -0.25) is 4.98 Å². The molecule has 128 valence electrons. The van der Waals surface area contributed by atoms with Gasteiger partial charge in [-0.1, -0.05) is 42.5 Å². The number of anilines is 1. The van der Waals surface area contributed by atoms with Crippen LogP contribution in [-0.2, 0) is 0 Å². The van der Waals surface area contributed by atoms with Gasteiger partial charge in [0, 0.05) is 28.5 Å². The number of para-hydroxylation sites is 1. The third-order valence-corrected chi connectivity index (χ3v) is 4.39. The molecule has 0 saturated carbocycles. The number of benzene rings is 2. The topological polar surface area (TPSA) is 58.0 Å². The van der Waals surface area contributed by atoms with Crippen LogP contribution >= 0.6 is 0 Å². The standard InChI is InChI=1S/C22H19N3O/c1-15-10-11-16-12-13-18(22(26)20(16)24-15)21(19-9-5-6-14-23-19)25-17-7-3-2-4-8-17/h2-14,21,25-26H,1H3. The summed E-state index contributed by atoms with van der Waals surface area (Å²) in [6.45, 7) is 1.92. The van der Waals surface area contributed by atoms with Gasteiger partial charge in [-0.2, -0.15) is 0 Å². The van der Waals surface area contributed by atoms with Crippen LogP contribution in [0.1, 0.15) is 23.0 Å². The van der Waals surface area contributed by atoms with Crippen LogP contribution in [0, 0.1) is 6.92 Å². The van der Waals surface area contributed by atoms with E-state index >= 15 is 0 Å². The summed E-state index contributed by atoms with van der Waals surface area (Å²) >= 11 is 0. The van der Waals surface area contributed by atoms with Crippen LogP contribution in [0.4, 0.5) is 5.69 Å². The predicted molar refractivity (Wildman–Crippen MR) is 104 cm³/mol. The average molecular weight is 341 g/mol. The Morgan fingerprint density at radius 2 is 1.65 bits per heavy atom. The fourth-order valence-electron chi connectivity index (χ4n) is 3.08. The van der Waals surface area contributed by atoms with Crippen molar-refractivity contribution in [3.63, 3.8) is 0 Å².